The molecule has 0 fully saturated rings. The fraction of sp³-hybridized carbons (Fsp3) is 0.188. The van der Waals surface area contributed by atoms with Crippen LogP contribution in [0, 0.1) is 18.3 Å². The number of nitrogens with one attached hydrogen (secondary N) is 1. The summed E-state index contributed by atoms with van der Waals surface area (Å²) >= 11 is 0. The summed E-state index contributed by atoms with van der Waals surface area (Å²) in [6.07, 6.45) is 0. The van der Waals surface area contributed by atoms with Crippen molar-refractivity contribution in [2.45, 2.75) is 19.9 Å². The van der Waals surface area contributed by atoms with Crippen molar-refractivity contribution in [1.29, 1.82) is 5.26 Å². The van der Waals surface area contributed by atoms with Crippen molar-refractivity contribution >= 4 is 16.6 Å². The van der Waals surface area contributed by atoms with Crippen LogP contribution in [-0.4, -0.2) is 10.2 Å². The molecule has 3 rings (SSSR count). The Morgan fingerprint density at radius 2 is 2.00 bits per heavy atom. The van der Waals surface area contributed by atoms with Gasteiger partial charge in [-0.25, -0.2) is 0 Å². The van der Waals surface area contributed by atoms with E-state index >= 15 is 0 Å². The van der Waals surface area contributed by atoms with Crippen molar-refractivity contribution in [2.24, 2.45) is 0 Å². The van der Waals surface area contributed by atoms with Gasteiger partial charge in [0.15, 0.2) is 5.69 Å². The van der Waals surface area contributed by atoms with Crippen molar-refractivity contribution < 1.29 is 4.42 Å². The summed E-state index contributed by atoms with van der Waals surface area (Å²) < 4.78 is 5.62. The molecule has 0 aliphatic heterocycles. The minimum absolute atomic E-state index is 0.0709. The second kappa shape index (κ2) is 5.25. The Morgan fingerprint density at radius 1 is 1.19 bits per heavy atom. The number of nitrogens with zero attached hydrogens (tertiary/aromatic N) is 3. The normalized spacial score (nSPS) is 12.0. The Balaban J connectivity index is 2.05. The first kappa shape index (κ1) is 13.1. The molecule has 2 heterocycles. The first-order chi connectivity index (χ1) is 10.2. The van der Waals surface area contributed by atoms with Crippen molar-refractivity contribution in [1.82, 2.24) is 10.2 Å². The Hall–Kier alpha value is -2.87. The number of rotatable bonds is 3. The van der Waals surface area contributed by atoms with Gasteiger partial charge in [0, 0.05) is 5.39 Å². The molecule has 104 valence electrons. The first-order valence-corrected chi connectivity index (χ1v) is 6.67. The van der Waals surface area contributed by atoms with E-state index in [1.807, 2.05) is 50.2 Å². The third-order valence-electron chi connectivity index (χ3n) is 3.32. The van der Waals surface area contributed by atoms with Crippen LogP contribution in [0.15, 0.2) is 40.8 Å². The van der Waals surface area contributed by atoms with E-state index < -0.39 is 0 Å². The highest BCUT2D eigenvalue weighted by atomic mass is 16.3. The average Bonchev–Trinajstić information content (AvgIpc) is 2.94. The predicted octanol–water partition coefficient (Wildman–Crippen LogP) is 3.58. The van der Waals surface area contributed by atoms with Crippen LogP contribution in [0.2, 0.25) is 0 Å². The maximum atomic E-state index is 9.25. The maximum Gasteiger partial charge on any atom is 0.186 e. The van der Waals surface area contributed by atoms with E-state index in [1.165, 1.54) is 0 Å². The van der Waals surface area contributed by atoms with Crippen LogP contribution < -0.4 is 5.32 Å². The number of aryl methyl sites for hydroxylation is 1. The number of furan rings is 1. The third kappa shape index (κ3) is 2.43. The van der Waals surface area contributed by atoms with Gasteiger partial charge in [-0.05, 0) is 32.0 Å². The Bertz CT molecular complexity index is 832. The van der Waals surface area contributed by atoms with Gasteiger partial charge in [0.1, 0.15) is 17.6 Å². The van der Waals surface area contributed by atoms with E-state index in [1.54, 1.807) is 0 Å². The third-order valence-corrected chi connectivity index (χ3v) is 3.32. The first-order valence-electron chi connectivity index (χ1n) is 6.67. The van der Waals surface area contributed by atoms with Crippen molar-refractivity contribution in [3.63, 3.8) is 0 Å². The summed E-state index contributed by atoms with van der Waals surface area (Å²) in [7, 11) is 0. The largest absolute Gasteiger partial charge is 0.464 e. The van der Waals surface area contributed by atoms with E-state index in [9.17, 15) is 5.26 Å². The maximum absolute atomic E-state index is 9.25. The fourth-order valence-corrected chi connectivity index (χ4v) is 2.25. The lowest BCUT2D eigenvalue weighted by Crippen LogP contribution is -2.09. The molecular formula is C16H14N4O. The van der Waals surface area contributed by atoms with Crippen molar-refractivity contribution in [2.75, 3.05) is 5.32 Å². The molecule has 1 N–H and O–H groups in total. The number of benzene rings is 1. The van der Waals surface area contributed by atoms with Gasteiger partial charge in [0.25, 0.3) is 0 Å². The summed E-state index contributed by atoms with van der Waals surface area (Å²) in [5.41, 5.74) is 1.72. The number of nitriles is 1. The predicted molar refractivity (Wildman–Crippen MR) is 79.7 cm³/mol. The molecule has 0 amide bonds. The zero-order valence-corrected chi connectivity index (χ0v) is 11.8. The number of fused-ring (bicyclic) bond motifs is 1. The molecule has 0 aliphatic carbocycles. The van der Waals surface area contributed by atoms with Crippen LogP contribution in [0.1, 0.15) is 30.2 Å². The fourth-order valence-electron chi connectivity index (χ4n) is 2.25. The van der Waals surface area contributed by atoms with Crippen LogP contribution >= 0.6 is 0 Å². The van der Waals surface area contributed by atoms with E-state index in [4.69, 9.17) is 4.42 Å². The minimum Gasteiger partial charge on any atom is -0.464 e. The van der Waals surface area contributed by atoms with Gasteiger partial charge in [-0.3, -0.25) is 0 Å². The van der Waals surface area contributed by atoms with Gasteiger partial charge in [0.05, 0.1) is 17.2 Å². The van der Waals surface area contributed by atoms with Gasteiger partial charge in [-0.15, -0.1) is 10.2 Å². The number of anilines is 1. The van der Waals surface area contributed by atoms with Crippen LogP contribution in [0.3, 0.4) is 0 Å². The van der Waals surface area contributed by atoms with Gasteiger partial charge in [-0.2, -0.15) is 5.26 Å². The number of hydrogen-bond donors (Lipinski definition) is 1. The second-order valence-corrected chi connectivity index (χ2v) is 4.87. The molecule has 1 atom stereocenters. The summed E-state index contributed by atoms with van der Waals surface area (Å²) in [5.74, 6) is 1.68. The molecule has 0 spiro atoms. The Morgan fingerprint density at radius 3 is 2.71 bits per heavy atom. The molecule has 1 aromatic carbocycles. The molecule has 2 aromatic heterocycles. The summed E-state index contributed by atoms with van der Waals surface area (Å²) in [4.78, 5) is 0. The number of aromatic nitrogens is 2. The lowest BCUT2D eigenvalue weighted by atomic mass is 10.1. The molecule has 0 bridgehead atoms. The molecule has 21 heavy (non-hydrogen) atoms. The van der Waals surface area contributed by atoms with Crippen LogP contribution in [0.25, 0.3) is 10.9 Å². The Labute approximate surface area is 122 Å². The minimum atomic E-state index is -0.0709. The van der Waals surface area contributed by atoms with E-state index in [0.717, 1.165) is 22.4 Å². The highest BCUT2D eigenvalue weighted by Crippen LogP contribution is 2.28. The van der Waals surface area contributed by atoms with Gasteiger partial charge in [-0.1, -0.05) is 18.2 Å². The zero-order valence-electron chi connectivity index (χ0n) is 11.8. The molecule has 0 saturated heterocycles. The number of hydrogen-bond acceptors (Lipinski definition) is 5. The second-order valence-electron chi connectivity index (χ2n) is 4.87. The lowest BCUT2D eigenvalue weighted by molar-refractivity contribution is 0.467. The topological polar surface area (TPSA) is 74.7 Å². The summed E-state index contributed by atoms with van der Waals surface area (Å²) in [6.45, 7) is 3.88. The average molecular weight is 278 g/mol. The van der Waals surface area contributed by atoms with Crippen molar-refractivity contribution in [3.05, 3.63) is 53.6 Å². The van der Waals surface area contributed by atoms with Crippen LogP contribution in [-0.2, 0) is 0 Å². The smallest absolute Gasteiger partial charge is 0.186 e. The molecule has 0 aliphatic rings. The van der Waals surface area contributed by atoms with E-state index in [-0.39, 0.29) is 11.7 Å². The van der Waals surface area contributed by atoms with Gasteiger partial charge >= 0.3 is 0 Å². The molecule has 3 aromatic rings. The highest BCUT2D eigenvalue weighted by Gasteiger charge is 2.15. The molecule has 1 unspecified atom stereocenters. The van der Waals surface area contributed by atoms with Crippen molar-refractivity contribution in [3.8, 4) is 6.07 Å². The monoisotopic (exact) mass is 278 g/mol. The van der Waals surface area contributed by atoms with E-state index in [0.29, 0.717) is 5.69 Å². The highest BCUT2D eigenvalue weighted by molar-refractivity contribution is 5.92. The summed E-state index contributed by atoms with van der Waals surface area (Å²) in [6, 6.07) is 13.5. The van der Waals surface area contributed by atoms with E-state index in [2.05, 4.69) is 21.6 Å². The zero-order chi connectivity index (χ0) is 14.8. The summed E-state index contributed by atoms with van der Waals surface area (Å²) in [5, 5.41) is 21.5. The molecular weight excluding hydrogens is 264 g/mol. The molecule has 5 nitrogen and oxygen atoms in total. The van der Waals surface area contributed by atoms with Gasteiger partial charge in [0.2, 0.25) is 0 Å². The van der Waals surface area contributed by atoms with Gasteiger partial charge < -0.3 is 9.73 Å². The quantitative estimate of drug-likeness (QED) is 0.792. The lowest BCUT2D eigenvalue weighted by Gasteiger charge is -2.15. The molecule has 0 saturated carbocycles. The molecule has 0 radical (unpaired) electrons. The Kier molecular flexibility index (Phi) is 3.28. The molecule has 5 heteroatoms. The van der Waals surface area contributed by atoms with Crippen LogP contribution in [0.5, 0.6) is 0 Å². The standard InChI is InChI=1S/C16H14N4O/c1-10-7-8-15(21-10)11(2)18-16-12-5-3-4-6-13(12)19-20-14(16)9-17/h3-8,11H,1-2H3,(H,18,19). The van der Waals surface area contributed by atoms with Crippen LogP contribution in [0.4, 0.5) is 5.69 Å². The SMILES string of the molecule is Cc1ccc(C(C)Nc2c(C#N)nnc3ccccc23)o1.